The van der Waals surface area contributed by atoms with E-state index in [9.17, 15) is 4.79 Å². The third-order valence-corrected chi connectivity index (χ3v) is 4.68. The van der Waals surface area contributed by atoms with Gasteiger partial charge in [-0.3, -0.25) is 9.89 Å². The van der Waals surface area contributed by atoms with Gasteiger partial charge in [-0.05, 0) is 31.7 Å². The highest BCUT2D eigenvalue weighted by Crippen LogP contribution is 2.33. The lowest BCUT2D eigenvalue weighted by Crippen LogP contribution is -2.32. The zero-order valence-corrected chi connectivity index (χ0v) is 12.5. The Morgan fingerprint density at radius 1 is 1.18 bits per heavy atom. The van der Waals surface area contributed by atoms with E-state index in [4.69, 9.17) is 0 Å². The normalized spacial score (nSPS) is 21.6. The molecule has 0 unspecified atom stereocenters. The van der Waals surface area contributed by atoms with Crippen LogP contribution in [0.15, 0.2) is 12.3 Å². The number of carbonyl (C=O) groups excluding carboxylic acids is 1. The van der Waals surface area contributed by atoms with E-state index in [-0.39, 0.29) is 11.9 Å². The van der Waals surface area contributed by atoms with Crippen molar-refractivity contribution in [1.82, 2.24) is 29.9 Å². The van der Waals surface area contributed by atoms with E-state index in [2.05, 4.69) is 25.0 Å². The monoisotopic (exact) mass is 300 g/mol. The summed E-state index contributed by atoms with van der Waals surface area (Å²) in [5.41, 5.74) is 0.544. The minimum atomic E-state index is 0.00553. The highest BCUT2D eigenvalue weighted by Gasteiger charge is 2.35. The van der Waals surface area contributed by atoms with Gasteiger partial charge in [0.15, 0.2) is 5.82 Å². The van der Waals surface area contributed by atoms with Gasteiger partial charge in [0.1, 0.15) is 11.5 Å². The Labute approximate surface area is 128 Å². The molecule has 0 saturated carbocycles. The van der Waals surface area contributed by atoms with Crippen molar-refractivity contribution in [3.05, 3.63) is 29.6 Å². The average Bonchev–Trinajstić information content (AvgIpc) is 3.24. The fourth-order valence-electron chi connectivity index (χ4n) is 3.56. The van der Waals surface area contributed by atoms with Crippen LogP contribution >= 0.6 is 0 Å². The summed E-state index contributed by atoms with van der Waals surface area (Å²) in [5, 5.41) is 15.4. The summed E-state index contributed by atoms with van der Waals surface area (Å²) in [7, 11) is 0. The number of aromatic amines is 1. The van der Waals surface area contributed by atoms with Gasteiger partial charge < -0.3 is 9.47 Å². The molecule has 7 nitrogen and oxygen atoms in total. The van der Waals surface area contributed by atoms with Crippen LogP contribution in [0.1, 0.15) is 60.3 Å². The zero-order valence-electron chi connectivity index (χ0n) is 12.5. The highest BCUT2D eigenvalue weighted by atomic mass is 16.2. The lowest BCUT2D eigenvalue weighted by atomic mass is 10.2. The topological polar surface area (TPSA) is 79.7 Å². The molecule has 1 atom stereocenters. The first-order valence-electron chi connectivity index (χ1n) is 8.07. The summed E-state index contributed by atoms with van der Waals surface area (Å²) < 4.78 is 2.25. The maximum absolute atomic E-state index is 12.6. The summed E-state index contributed by atoms with van der Waals surface area (Å²) in [4.78, 5) is 14.6. The lowest BCUT2D eigenvalue weighted by molar-refractivity contribution is 0.0721. The van der Waals surface area contributed by atoms with Crippen molar-refractivity contribution in [2.45, 2.75) is 51.1 Å². The Bertz CT molecular complexity index is 662. The molecule has 1 fully saturated rings. The van der Waals surface area contributed by atoms with E-state index >= 15 is 0 Å². The van der Waals surface area contributed by atoms with Crippen LogP contribution in [0.5, 0.6) is 0 Å². The van der Waals surface area contributed by atoms with Crippen molar-refractivity contribution in [3.8, 4) is 0 Å². The summed E-state index contributed by atoms with van der Waals surface area (Å²) in [6.45, 7) is 1.74. The van der Waals surface area contributed by atoms with Crippen LogP contribution in [0.3, 0.4) is 0 Å². The van der Waals surface area contributed by atoms with Crippen molar-refractivity contribution in [2.75, 3.05) is 6.54 Å². The van der Waals surface area contributed by atoms with Gasteiger partial charge in [0, 0.05) is 25.7 Å². The van der Waals surface area contributed by atoms with Crippen molar-refractivity contribution in [3.63, 3.8) is 0 Å². The van der Waals surface area contributed by atoms with Crippen LogP contribution in [0.25, 0.3) is 0 Å². The number of nitrogens with zero attached hydrogens (tertiary/aromatic N) is 5. The number of rotatable bonds is 2. The highest BCUT2D eigenvalue weighted by molar-refractivity contribution is 5.92. The number of hydrogen-bond donors (Lipinski definition) is 1. The molecule has 4 heterocycles. The number of hydrogen-bond acceptors (Lipinski definition) is 4. The Kier molecular flexibility index (Phi) is 3.40. The molecule has 0 aromatic carbocycles. The van der Waals surface area contributed by atoms with Gasteiger partial charge in [-0.25, -0.2) is 0 Å². The molecule has 2 aliphatic rings. The molecule has 1 amide bonds. The van der Waals surface area contributed by atoms with Crippen LogP contribution in [0, 0.1) is 0 Å². The maximum atomic E-state index is 12.6. The first-order valence-corrected chi connectivity index (χ1v) is 8.07. The predicted molar refractivity (Wildman–Crippen MR) is 79.2 cm³/mol. The van der Waals surface area contributed by atoms with E-state index in [1.165, 1.54) is 19.3 Å². The second kappa shape index (κ2) is 5.55. The molecular weight excluding hydrogens is 280 g/mol. The first kappa shape index (κ1) is 13.5. The minimum absolute atomic E-state index is 0.00553. The molecule has 7 heteroatoms. The molecule has 0 aliphatic carbocycles. The zero-order chi connectivity index (χ0) is 14.9. The predicted octanol–water partition coefficient (Wildman–Crippen LogP) is 1.70. The summed E-state index contributed by atoms with van der Waals surface area (Å²) in [5.74, 6) is 2.04. The van der Waals surface area contributed by atoms with Gasteiger partial charge in [-0.15, -0.1) is 10.2 Å². The molecule has 116 valence electrons. The van der Waals surface area contributed by atoms with E-state index in [1.54, 1.807) is 12.3 Å². The number of aromatic nitrogens is 5. The Hall–Kier alpha value is -2.18. The lowest BCUT2D eigenvalue weighted by Gasteiger charge is -2.24. The SMILES string of the molecule is O=C(c1ccn[nH]1)N1CCC[C@@H]1c1nnc2n1CCCCC2. The average molecular weight is 300 g/mol. The van der Waals surface area contributed by atoms with Crippen molar-refractivity contribution < 1.29 is 4.79 Å². The molecule has 22 heavy (non-hydrogen) atoms. The molecular formula is C15H20N6O. The van der Waals surface area contributed by atoms with Gasteiger partial charge in [0.2, 0.25) is 0 Å². The van der Waals surface area contributed by atoms with E-state index < -0.39 is 0 Å². The van der Waals surface area contributed by atoms with Gasteiger partial charge >= 0.3 is 0 Å². The molecule has 1 saturated heterocycles. The molecule has 0 spiro atoms. The third kappa shape index (κ3) is 2.20. The minimum Gasteiger partial charge on any atom is -0.327 e. The Morgan fingerprint density at radius 2 is 2.14 bits per heavy atom. The summed E-state index contributed by atoms with van der Waals surface area (Å²) >= 11 is 0. The summed E-state index contributed by atoms with van der Waals surface area (Å²) in [6, 6.07) is 1.76. The molecule has 4 rings (SSSR count). The van der Waals surface area contributed by atoms with E-state index in [0.717, 1.165) is 44.0 Å². The number of H-pyrrole nitrogens is 1. The number of nitrogens with one attached hydrogen (secondary N) is 1. The standard InChI is InChI=1S/C15H20N6O/c22-15(11-7-8-16-17-11)20-10-4-5-12(20)14-19-18-13-6-2-1-3-9-21(13)14/h7-8,12H,1-6,9-10H2,(H,16,17)/t12-/m1/s1. The fourth-order valence-corrected chi connectivity index (χ4v) is 3.56. The molecule has 0 bridgehead atoms. The number of likely N-dealkylation sites (tertiary alicyclic amines) is 1. The van der Waals surface area contributed by atoms with Crippen LogP contribution < -0.4 is 0 Å². The van der Waals surface area contributed by atoms with Gasteiger partial charge in [0.05, 0.1) is 6.04 Å². The molecule has 2 aliphatic heterocycles. The Morgan fingerprint density at radius 3 is 3.00 bits per heavy atom. The van der Waals surface area contributed by atoms with Crippen LogP contribution in [0.4, 0.5) is 0 Å². The molecule has 0 radical (unpaired) electrons. The number of amides is 1. The second-order valence-electron chi connectivity index (χ2n) is 6.06. The van der Waals surface area contributed by atoms with Crippen LogP contribution in [0.2, 0.25) is 0 Å². The fraction of sp³-hybridized carbons (Fsp3) is 0.600. The largest absolute Gasteiger partial charge is 0.327 e. The van der Waals surface area contributed by atoms with Gasteiger partial charge in [0.25, 0.3) is 5.91 Å². The number of fused-ring (bicyclic) bond motifs is 1. The van der Waals surface area contributed by atoms with Crippen LogP contribution in [-0.2, 0) is 13.0 Å². The van der Waals surface area contributed by atoms with Gasteiger partial charge in [-0.1, -0.05) is 6.42 Å². The van der Waals surface area contributed by atoms with Gasteiger partial charge in [-0.2, -0.15) is 5.10 Å². The second-order valence-corrected chi connectivity index (χ2v) is 6.06. The molecule has 2 aromatic heterocycles. The number of carbonyl (C=O) groups is 1. The van der Waals surface area contributed by atoms with E-state index in [1.807, 2.05) is 4.90 Å². The molecule has 2 aromatic rings. The van der Waals surface area contributed by atoms with Crippen molar-refractivity contribution >= 4 is 5.91 Å². The smallest absolute Gasteiger partial charge is 0.272 e. The molecule has 1 N–H and O–H groups in total. The Balaban J connectivity index is 1.64. The summed E-state index contributed by atoms with van der Waals surface area (Å²) in [6.07, 6.45) is 8.16. The third-order valence-electron chi connectivity index (χ3n) is 4.68. The number of aryl methyl sites for hydroxylation is 1. The van der Waals surface area contributed by atoms with Crippen LogP contribution in [-0.4, -0.2) is 42.3 Å². The van der Waals surface area contributed by atoms with Crippen molar-refractivity contribution in [1.29, 1.82) is 0 Å². The maximum Gasteiger partial charge on any atom is 0.272 e. The van der Waals surface area contributed by atoms with E-state index in [0.29, 0.717) is 5.69 Å². The van der Waals surface area contributed by atoms with Crippen molar-refractivity contribution in [2.24, 2.45) is 0 Å². The quantitative estimate of drug-likeness (QED) is 0.915. The first-order chi connectivity index (χ1) is 10.8.